The number of methoxy groups -OCH3 is 2. The average molecular weight is 299 g/mol. The number of carbonyl (C=O) groups excluding carboxylic acids is 1. The molecule has 0 unspecified atom stereocenters. The topological polar surface area (TPSA) is 84.9 Å². The standard InChI is InChI=1S/C13H17NO5S/c1-18-10-4-3-9(5-11(10)19-2)6-14-12(15)7-20-8-13(16)17/h3-5H,6-8H2,1-2H3,(H,14,15)(H,16,17). The van der Waals surface area contributed by atoms with E-state index < -0.39 is 5.97 Å². The van der Waals surface area contributed by atoms with Crippen molar-refractivity contribution in [2.75, 3.05) is 25.7 Å². The number of carbonyl (C=O) groups is 2. The summed E-state index contributed by atoms with van der Waals surface area (Å²) in [7, 11) is 3.10. The molecule has 110 valence electrons. The SMILES string of the molecule is COc1ccc(CNC(=O)CSCC(=O)O)cc1OC. The van der Waals surface area contributed by atoms with Gasteiger partial charge in [-0.25, -0.2) is 0 Å². The number of hydrogen-bond acceptors (Lipinski definition) is 5. The van der Waals surface area contributed by atoms with Gasteiger partial charge in [-0.2, -0.15) is 0 Å². The Hall–Kier alpha value is -1.89. The smallest absolute Gasteiger partial charge is 0.313 e. The second kappa shape index (κ2) is 8.31. The summed E-state index contributed by atoms with van der Waals surface area (Å²) in [5.74, 6) is 0.136. The van der Waals surface area contributed by atoms with Crippen molar-refractivity contribution >= 4 is 23.6 Å². The number of carboxylic acids is 1. The number of ether oxygens (including phenoxy) is 2. The van der Waals surface area contributed by atoms with Crippen molar-refractivity contribution in [3.8, 4) is 11.5 Å². The normalized spacial score (nSPS) is 9.90. The lowest BCUT2D eigenvalue weighted by molar-refractivity contribution is -0.133. The van der Waals surface area contributed by atoms with Gasteiger partial charge in [0.05, 0.1) is 25.7 Å². The van der Waals surface area contributed by atoms with Gasteiger partial charge < -0.3 is 19.9 Å². The van der Waals surface area contributed by atoms with Crippen molar-refractivity contribution in [1.29, 1.82) is 0 Å². The number of thioether (sulfide) groups is 1. The number of hydrogen-bond donors (Lipinski definition) is 2. The van der Waals surface area contributed by atoms with Gasteiger partial charge in [0.1, 0.15) is 0 Å². The molecule has 0 atom stereocenters. The van der Waals surface area contributed by atoms with E-state index in [1.807, 2.05) is 6.07 Å². The van der Waals surface area contributed by atoms with E-state index in [2.05, 4.69) is 5.32 Å². The van der Waals surface area contributed by atoms with Gasteiger partial charge in [-0.1, -0.05) is 6.07 Å². The van der Waals surface area contributed by atoms with Crippen LogP contribution < -0.4 is 14.8 Å². The van der Waals surface area contributed by atoms with Gasteiger partial charge in [0.25, 0.3) is 0 Å². The Balaban J connectivity index is 2.45. The molecule has 0 aromatic heterocycles. The molecule has 0 saturated heterocycles. The summed E-state index contributed by atoms with van der Waals surface area (Å²) in [4.78, 5) is 21.8. The van der Waals surface area contributed by atoms with E-state index in [9.17, 15) is 9.59 Å². The van der Waals surface area contributed by atoms with Crippen molar-refractivity contribution in [3.05, 3.63) is 23.8 Å². The molecule has 1 aromatic carbocycles. The molecule has 0 spiro atoms. The molecule has 1 rings (SSSR count). The highest BCUT2D eigenvalue weighted by molar-refractivity contribution is 8.00. The largest absolute Gasteiger partial charge is 0.493 e. The molecule has 0 fully saturated rings. The first-order valence-corrected chi connectivity index (χ1v) is 6.99. The van der Waals surface area contributed by atoms with Crippen molar-refractivity contribution in [2.45, 2.75) is 6.54 Å². The van der Waals surface area contributed by atoms with Crippen LogP contribution in [0.1, 0.15) is 5.56 Å². The zero-order chi connectivity index (χ0) is 15.0. The van der Waals surface area contributed by atoms with Gasteiger partial charge in [-0.05, 0) is 17.7 Å². The monoisotopic (exact) mass is 299 g/mol. The summed E-state index contributed by atoms with van der Waals surface area (Å²) in [6, 6.07) is 5.37. The van der Waals surface area contributed by atoms with Gasteiger partial charge in [0.2, 0.25) is 5.91 Å². The maximum atomic E-state index is 11.5. The van der Waals surface area contributed by atoms with Crippen LogP contribution in [0.25, 0.3) is 0 Å². The maximum Gasteiger partial charge on any atom is 0.313 e. The average Bonchev–Trinajstić information content (AvgIpc) is 2.44. The molecule has 0 radical (unpaired) electrons. The predicted molar refractivity (Wildman–Crippen MR) is 76.4 cm³/mol. The van der Waals surface area contributed by atoms with Crippen LogP contribution in [-0.2, 0) is 16.1 Å². The van der Waals surface area contributed by atoms with Crippen molar-refractivity contribution in [1.82, 2.24) is 5.32 Å². The first-order chi connectivity index (χ1) is 9.56. The molecule has 6 nitrogen and oxygen atoms in total. The molecular weight excluding hydrogens is 282 g/mol. The molecule has 20 heavy (non-hydrogen) atoms. The molecule has 7 heteroatoms. The molecular formula is C13H17NO5S. The van der Waals surface area contributed by atoms with Gasteiger partial charge in [-0.3, -0.25) is 9.59 Å². The zero-order valence-corrected chi connectivity index (χ0v) is 12.2. The minimum absolute atomic E-state index is 0.0796. The van der Waals surface area contributed by atoms with E-state index in [1.165, 1.54) is 0 Å². The van der Waals surface area contributed by atoms with E-state index in [4.69, 9.17) is 14.6 Å². The first kappa shape index (κ1) is 16.2. The molecule has 0 saturated carbocycles. The summed E-state index contributed by atoms with van der Waals surface area (Å²) in [5.41, 5.74) is 0.874. The Morgan fingerprint density at radius 3 is 2.50 bits per heavy atom. The van der Waals surface area contributed by atoms with Crippen LogP contribution in [0.15, 0.2) is 18.2 Å². The Morgan fingerprint density at radius 1 is 1.20 bits per heavy atom. The van der Waals surface area contributed by atoms with Crippen LogP contribution in [0.5, 0.6) is 11.5 Å². The van der Waals surface area contributed by atoms with E-state index in [-0.39, 0.29) is 17.4 Å². The number of benzene rings is 1. The summed E-state index contributed by atoms with van der Waals surface area (Å²) < 4.78 is 10.3. The number of rotatable bonds is 8. The summed E-state index contributed by atoms with van der Waals surface area (Å²) in [6.07, 6.45) is 0. The Kier molecular flexibility index (Phi) is 6.72. The van der Waals surface area contributed by atoms with E-state index in [0.29, 0.717) is 18.0 Å². The lowest BCUT2D eigenvalue weighted by Crippen LogP contribution is -2.25. The maximum absolute atomic E-state index is 11.5. The molecule has 2 N–H and O–H groups in total. The molecule has 1 amide bonds. The quantitative estimate of drug-likeness (QED) is 0.749. The minimum Gasteiger partial charge on any atom is -0.493 e. The minimum atomic E-state index is -0.928. The third-order valence-electron chi connectivity index (χ3n) is 2.40. The second-order valence-electron chi connectivity index (χ2n) is 3.85. The van der Waals surface area contributed by atoms with Gasteiger partial charge in [0, 0.05) is 6.54 Å². The fourth-order valence-electron chi connectivity index (χ4n) is 1.47. The van der Waals surface area contributed by atoms with Crippen LogP contribution in [0.4, 0.5) is 0 Å². The molecule has 0 bridgehead atoms. The van der Waals surface area contributed by atoms with Gasteiger partial charge in [0.15, 0.2) is 11.5 Å². The third kappa shape index (κ3) is 5.40. The second-order valence-corrected chi connectivity index (χ2v) is 4.84. The zero-order valence-electron chi connectivity index (χ0n) is 11.3. The first-order valence-electron chi connectivity index (χ1n) is 5.84. The van der Waals surface area contributed by atoms with Crippen LogP contribution >= 0.6 is 11.8 Å². The predicted octanol–water partition coefficient (Wildman–Crippen LogP) is 1.14. The lowest BCUT2D eigenvalue weighted by atomic mass is 10.2. The highest BCUT2D eigenvalue weighted by Gasteiger charge is 2.07. The van der Waals surface area contributed by atoms with E-state index in [1.54, 1.807) is 26.4 Å². The Bertz CT molecular complexity index is 478. The van der Waals surface area contributed by atoms with E-state index in [0.717, 1.165) is 17.3 Å². The Morgan fingerprint density at radius 2 is 1.90 bits per heavy atom. The van der Waals surface area contributed by atoms with Crippen LogP contribution in [0.3, 0.4) is 0 Å². The molecule has 1 aromatic rings. The van der Waals surface area contributed by atoms with Crippen molar-refractivity contribution in [2.24, 2.45) is 0 Å². The number of nitrogens with one attached hydrogen (secondary N) is 1. The third-order valence-corrected chi connectivity index (χ3v) is 3.31. The molecule has 0 aliphatic carbocycles. The fourth-order valence-corrected chi connectivity index (χ4v) is 2.04. The van der Waals surface area contributed by atoms with Crippen LogP contribution in [-0.4, -0.2) is 42.7 Å². The van der Waals surface area contributed by atoms with Gasteiger partial charge >= 0.3 is 5.97 Å². The number of aliphatic carboxylic acids is 1. The van der Waals surface area contributed by atoms with Crippen molar-refractivity contribution in [3.63, 3.8) is 0 Å². The molecule has 0 aliphatic heterocycles. The fraction of sp³-hybridized carbons (Fsp3) is 0.385. The van der Waals surface area contributed by atoms with Crippen LogP contribution in [0.2, 0.25) is 0 Å². The van der Waals surface area contributed by atoms with E-state index >= 15 is 0 Å². The van der Waals surface area contributed by atoms with Gasteiger partial charge in [-0.15, -0.1) is 11.8 Å². The number of amides is 1. The molecule has 0 aliphatic rings. The summed E-state index contributed by atoms with van der Waals surface area (Å²) in [6.45, 7) is 0.354. The number of carboxylic acid groups (broad SMARTS) is 1. The summed E-state index contributed by atoms with van der Waals surface area (Å²) >= 11 is 1.06. The molecule has 0 heterocycles. The van der Waals surface area contributed by atoms with Crippen LogP contribution in [0, 0.1) is 0 Å². The highest BCUT2D eigenvalue weighted by Crippen LogP contribution is 2.27. The Labute approximate surface area is 121 Å². The van der Waals surface area contributed by atoms with Crippen molar-refractivity contribution < 1.29 is 24.2 Å². The highest BCUT2D eigenvalue weighted by atomic mass is 32.2. The lowest BCUT2D eigenvalue weighted by Gasteiger charge is -2.10. The summed E-state index contributed by atoms with van der Waals surface area (Å²) in [5, 5.41) is 11.2.